The second kappa shape index (κ2) is 6.83. The highest BCUT2D eigenvalue weighted by Crippen LogP contribution is 2.22. The fourth-order valence-corrected chi connectivity index (χ4v) is 3.19. The van der Waals surface area contributed by atoms with E-state index in [0.717, 1.165) is 12.1 Å². The maximum atomic E-state index is 13.1. The first kappa shape index (κ1) is 17.3. The van der Waals surface area contributed by atoms with Crippen LogP contribution in [0, 0.1) is 5.82 Å². The number of hydrogen-bond donors (Lipinski definition) is 3. The van der Waals surface area contributed by atoms with Crippen molar-refractivity contribution < 1.29 is 27.5 Å². The average molecular weight is 339 g/mol. The van der Waals surface area contributed by atoms with E-state index in [1.165, 1.54) is 0 Å². The summed E-state index contributed by atoms with van der Waals surface area (Å²) >= 11 is 5.66. The molecule has 21 heavy (non-hydrogen) atoms. The summed E-state index contributed by atoms with van der Waals surface area (Å²) in [5, 5.41) is 8.67. The number of sulfonamides is 1. The van der Waals surface area contributed by atoms with E-state index in [0.29, 0.717) is 6.07 Å². The van der Waals surface area contributed by atoms with Crippen molar-refractivity contribution in [3.05, 3.63) is 29.0 Å². The molecular weight excluding hydrogens is 327 g/mol. The molecule has 116 valence electrons. The lowest BCUT2D eigenvalue weighted by molar-refractivity contribution is -0.139. The first-order valence-corrected chi connectivity index (χ1v) is 7.48. The molecule has 0 bridgehead atoms. The first-order chi connectivity index (χ1) is 9.63. The highest BCUT2D eigenvalue weighted by molar-refractivity contribution is 7.89. The number of benzene rings is 1. The van der Waals surface area contributed by atoms with Gasteiger partial charge < -0.3 is 10.8 Å². The van der Waals surface area contributed by atoms with Crippen LogP contribution in [0.3, 0.4) is 0 Å². The molecule has 1 amide bonds. The molecular formula is C11H12ClFN2O5S. The highest BCUT2D eigenvalue weighted by atomic mass is 35.5. The van der Waals surface area contributed by atoms with Gasteiger partial charge in [0.05, 0.1) is 5.02 Å². The van der Waals surface area contributed by atoms with Gasteiger partial charge in [-0.25, -0.2) is 12.8 Å². The van der Waals surface area contributed by atoms with Gasteiger partial charge in [0.1, 0.15) is 16.8 Å². The molecule has 4 N–H and O–H groups in total. The lowest BCUT2D eigenvalue weighted by atomic mass is 10.2. The van der Waals surface area contributed by atoms with Crippen molar-refractivity contribution >= 4 is 33.5 Å². The van der Waals surface area contributed by atoms with Gasteiger partial charge in [-0.3, -0.25) is 9.59 Å². The maximum Gasteiger partial charge on any atom is 0.321 e. The molecule has 0 spiro atoms. The number of aliphatic carboxylic acids is 1. The van der Waals surface area contributed by atoms with Gasteiger partial charge in [0.2, 0.25) is 15.9 Å². The van der Waals surface area contributed by atoms with E-state index in [1.54, 1.807) is 0 Å². The SMILES string of the molecule is NC(=O)CCC(NS(=O)(=O)c1cc(F)ccc1Cl)C(=O)O. The average Bonchev–Trinajstić information content (AvgIpc) is 2.36. The molecule has 10 heteroatoms. The number of rotatable bonds is 7. The van der Waals surface area contributed by atoms with E-state index in [4.69, 9.17) is 22.4 Å². The Bertz CT molecular complexity index is 665. The van der Waals surface area contributed by atoms with Gasteiger partial charge in [-0.15, -0.1) is 0 Å². The molecule has 0 aliphatic rings. The summed E-state index contributed by atoms with van der Waals surface area (Å²) < 4.78 is 39.0. The van der Waals surface area contributed by atoms with Crippen LogP contribution in [0.15, 0.2) is 23.1 Å². The highest BCUT2D eigenvalue weighted by Gasteiger charge is 2.27. The van der Waals surface area contributed by atoms with E-state index in [9.17, 15) is 22.4 Å². The number of carbonyl (C=O) groups excluding carboxylic acids is 1. The third-order valence-electron chi connectivity index (χ3n) is 2.46. The Labute approximate surface area is 124 Å². The molecule has 0 aliphatic carbocycles. The number of nitrogens with two attached hydrogens (primary N) is 1. The molecule has 0 aliphatic heterocycles. The minimum Gasteiger partial charge on any atom is -0.480 e. The van der Waals surface area contributed by atoms with Crippen molar-refractivity contribution in [2.24, 2.45) is 5.73 Å². The fourth-order valence-electron chi connectivity index (χ4n) is 1.45. The zero-order valence-electron chi connectivity index (χ0n) is 10.5. The second-order valence-electron chi connectivity index (χ2n) is 4.09. The number of halogens is 2. The van der Waals surface area contributed by atoms with Crippen molar-refractivity contribution in [1.29, 1.82) is 0 Å². The number of amides is 1. The van der Waals surface area contributed by atoms with Crippen LogP contribution >= 0.6 is 11.6 Å². The van der Waals surface area contributed by atoms with Gasteiger partial charge in [0.25, 0.3) is 0 Å². The minimum absolute atomic E-state index is 0.261. The number of hydrogen-bond acceptors (Lipinski definition) is 4. The second-order valence-corrected chi connectivity index (χ2v) is 6.18. The van der Waals surface area contributed by atoms with Gasteiger partial charge in [0.15, 0.2) is 0 Å². The van der Waals surface area contributed by atoms with E-state index in [1.807, 2.05) is 4.72 Å². The van der Waals surface area contributed by atoms with Crippen LogP contribution in [0.25, 0.3) is 0 Å². The molecule has 0 saturated heterocycles. The Kier molecular flexibility index (Phi) is 5.64. The molecule has 1 aromatic carbocycles. The van der Waals surface area contributed by atoms with Crippen LogP contribution in [0.2, 0.25) is 5.02 Å². The number of nitrogens with one attached hydrogen (secondary N) is 1. The number of carboxylic acid groups (broad SMARTS) is 1. The van der Waals surface area contributed by atoms with E-state index in [2.05, 4.69) is 0 Å². The Balaban J connectivity index is 3.03. The summed E-state index contributed by atoms with van der Waals surface area (Å²) in [6, 6.07) is 1.08. The summed E-state index contributed by atoms with van der Waals surface area (Å²) in [5.41, 5.74) is 4.88. The van der Waals surface area contributed by atoms with Gasteiger partial charge in [0, 0.05) is 6.42 Å². The van der Waals surface area contributed by atoms with Gasteiger partial charge in [-0.05, 0) is 24.6 Å². The molecule has 1 unspecified atom stereocenters. The van der Waals surface area contributed by atoms with Crippen LogP contribution in [0.4, 0.5) is 4.39 Å². The molecule has 1 atom stereocenters. The predicted molar refractivity (Wildman–Crippen MR) is 71.6 cm³/mol. The number of primary amides is 1. The van der Waals surface area contributed by atoms with Crippen LogP contribution in [0.5, 0.6) is 0 Å². The van der Waals surface area contributed by atoms with Gasteiger partial charge in [-0.2, -0.15) is 4.72 Å². The third kappa shape index (κ3) is 4.96. The monoisotopic (exact) mass is 338 g/mol. The summed E-state index contributed by atoms with van der Waals surface area (Å²) in [5.74, 6) is -3.11. The lowest BCUT2D eigenvalue weighted by Gasteiger charge is -2.14. The molecule has 0 heterocycles. The Morgan fingerprint density at radius 1 is 1.43 bits per heavy atom. The normalized spacial score (nSPS) is 12.9. The van der Waals surface area contributed by atoms with Crippen LogP contribution in [-0.2, 0) is 19.6 Å². The molecule has 0 fully saturated rings. The van der Waals surface area contributed by atoms with Crippen molar-refractivity contribution in [2.75, 3.05) is 0 Å². The first-order valence-electron chi connectivity index (χ1n) is 5.62. The Morgan fingerprint density at radius 2 is 2.05 bits per heavy atom. The zero-order chi connectivity index (χ0) is 16.2. The molecule has 1 rings (SSSR count). The van der Waals surface area contributed by atoms with Crippen LogP contribution < -0.4 is 10.5 Å². The molecule has 7 nitrogen and oxygen atoms in total. The lowest BCUT2D eigenvalue weighted by Crippen LogP contribution is -2.41. The number of carbonyl (C=O) groups is 2. The Hall–Kier alpha value is -1.71. The smallest absolute Gasteiger partial charge is 0.321 e. The quantitative estimate of drug-likeness (QED) is 0.666. The summed E-state index contributed by atoms with van der Waals surface area (Å²) in [6.07, 6.45) is -0.660. The van der Waals surface area contributed by atoms with E-state index >= 15 is 0 Å². The molecule has 0 aromatic heterocycles. The maximum absolute atomic E-state index is 13.1. The standard InChI is InChI=1S/C11H12ClFN2O5S/c12-7-2-1-6(13)5-9(7)21(19,20)15-8(11(17)18)3-4-10(14)16/h1-2,5,8,15H,3-4H2,(H2,14,16)(H,17,18). The largest absolute Gasteiger partial charge is 0.480 e. The number of carboxylic acids is 1. The van der Waals surface area contributed by atoms with Crippen LogP contribution in [0.1, 0.15) is 12.8 Å². The van der Waals surface area contributed by atoms with Gasteiger partial charge >= 0.3 is 5.97 Å². The minimum atomic E-state index is -4.36. The van der Waals surface area contributed by atoms with Crippen LogP contribution in [-0.4, -0.2) is 31.4 Å². The van der Waals surface area contributed by atoms with Crippen molar-refractivity contribution in [3.8, 4) is 0 Å². The zero-order valence-corrected chi connectivity index (χ0v) is 12.1. The predicted octanol–water partition coefficient (Wildman–Crippen LogP) is 0.476. The third-order valence-corrected chi connectivity index (χ3v) is 4.41. The van der Waals surface area contributed by atoms with Crippen molar-refractivity contribution in [3.63, 3.8) is 0 Å². The fraction of sp³-hybridized carbons (Fsp3) is 0.273. The van der Waals surface area contributed by atoms with Gasteiger partial charge in [-0.1, -0.05) is 11.6 Å². The van der Waals surface area contributed by atoms with E-state index < -0.39 is 38.7 Å². The summed E-state index contributed by atoms with van der Waals surface area (Å²) in [4.78, 5) is 21.0. The Morgan fingerprint density at radius 3 is 2.57 bits per heavy atom. The molecule has 0 saturated carbocycles. The topological polar surface area (TPSA) is 127 Å². The summed E-state index contributed by atoms with van der Waals surface area (Å²) in [7, 11) is -4.36. The molecule has 0 radical (unpaired) electrons. The van der Waals surface area contributed by atoms with Crippen molar-refractivity contribution in [1.82, 2.24) is 4.72 Å². The van der Waals surface area contributed by atoms with Crippen molar-refractivity contribution in [2.45, 2.75) is 23.8 Å². The van der Waals surface area contributed by atoms with E-state index in [-0.39, 0.29) is 17.9 Å². The molecule has 1 aromatic rings. The summed E-state index contributed by atoms with van der Waals surface area (Å²) in [6.45, 7) is 0.